The number of nitrogens with zero attached hydrogens (tertiary/aromatic N) is 1. The number of rotatable bonds is 6. The number of likely N-dealkylation sites (tertiary alicyclic amines) is 1. The summed E-state index contributed by atoms with van der Waals surface area (Å²) in [5, 5.41) is 12.5. The van der Waals surface area contributed by atoms with Gasteiger partial charge in [0.15, 0.2) is 11.5 Å². The lowest BCUT2D eigenvalue weighted by molar-refractivity contribution is -0.129. The second-order valence-corrected chi connectivity index (χ2v) is 8.51. The Kier molecular flexibility index (Phi) is 6.49. The molecule has 2 fully saturated rings. The first-order chi connectivity index (χ1) is 15.0. The molecule has 1 unspecified atom stereocenters. The fourth-order valence-corrected chi connectivity index (χ4v) is 4.55. The highest BCUT2D eigenvalue weighted by Crippen LogP contribution is 2.36. The molecule has 4 rings (SSSR count). The second kappa shape index (κ2) is 9.45. The quantitative estimate of drug-likeness (QED) is 0.727. The predicted molar refractivity (Wildman–Crippen MR) is 116 cm³/mol. The molecule has 0 radical (unpaired) electrons. The molecular formula is C24H30N2O5. The van der Waals surface area contributed by atoms with Gasteiger partial charge in [-0.1, -0.05) is 37.1 Å². The molecule has 166 valence electrons. The standard InChI is InChI=1S/C24H30N2O5/c1-30-22-12-16(10-11-20(22)27)13-25-23(28)18-14-26(15-18)24(29)31-21-9-5-4-8-19(21)17-6-2-3-7-17/h4-5,8,10-12,17-18,21,27H,2-3,6-7,9,13-15H2,1H3,(H,25,28). The van der Waals surface area contributed by atoms with Gasteiger partial charge in [0.25, 0.3) is 0 Å². The number of nitrogens with one attached hydrogen (secondary N) is 1. The van der Waals surface area contributed by atoms with Gasteiger partial charge in [0.05, 0.1) is 13.0 Å². The zero-order valence-corrected chi connectivity index (χ0v) is 17.9. The Hall–Kier alpha value is -2.96. The first kappa shape index (κ1) is 21.3. The van der Waals surface area contributed by atoms with Gasteiger partial charge < -0.3 is 24.8 Å². The molecule has 1 heterocycles. The smallest absolute Gasteiger partial charge is 0.410 e. The number of benzene rings is 1. The third-order valence-corrected chi connectivity index (χ3v) is 6.44. The van der Waals surface area contributed by atoms with Crippen LogP contribution in [-0.4, -0.2) is 48.3 Å². The molecule has 0 spiro atoms. The molecule has 2 aliphatic carbocycles. The molecule has 1 aliphatic heterocycles. The zero-order valence-electron chi connectivity index (χ0n) is 17.9. The van der Waals surface area contributed by atoms with Crippen LogP contribution in [0.3, 0.4) is 0 Å². The largest absolute Gasteiger partial charge is 0.504 e. The van der Waals surface area contributed by atoms with E-state index in [9.17, 15) is 14.7 Å². The minimum absolute atomic E-state index is 0.0603. The number of allylic oxidation sites excluding steroid dienone is 2. The lowest BCUT2D eigenvalue weighted by atomic mass is 9.88. The van der Waals surface area contributed by atoms with Crippen molar-refractivity contribution in [2.45, 2.75) is 44.8 Å². The normalized spacial score (nSPS) is 21.4. The van der Waals surface area contributed by atoms with Crippen molar-refractivity contribution in [3.05, 3.63) is 47.6 Å². The van der Waals surface area contributed by atoms with Crippen molar-refractivity contribution in [2.75, 3.05) is 20.2 Å². The van der Waals surface area contributed by atoms with Gasteiger partial charge in [-0.05, 0) is 42.0 Å². The van der Waals surface area contributed by atoms with Crippen molar-refractivity contribution in [1.82, 2.24) is 10.2 Å². The molecule has 0 aromatic heterocycles. The molecule has 1 saturated heterocycles. The molecule has 0 bridgehead atoms. The van der Waals surface area contributed by atoms with Gasteiger partial charge in [-0.15, -0.1) is 0 Å². The summed E-state index contributed by atoms with van der Waals surface area (Å²) in [6.07, 6.45) is 11.3. The van der Waals surface area contributed by atoms with E-state index in [1.54, 1.807) is 17.0 Å². The van der Waals surface area contributed by atoms with Crippen molar-refractivity contribution in [1.29, 1.82) is 0 Å². The van der Waals surface area contributed by atoms with Crippen LogP contribution in [0.4, 0.5) is 4.79 Å². The van der Waals surface area contributed by atoms with Crippen molar-refractivity contribution in [3.8, 4) is 11.5 Å². The number of ether oxygens (including phenoxy) is 2. The van der Waals surface area contributed by atoms with Gasteiger partial charge in [-0.25, -0.2) is 4.79 Å². The van der Waals surface area contributed by atoms with Crippen LogP contribution in [-0.2, 0) is 16.1 Å². The highest BCUT2D eigenvalue weighted by atomic mass is 16.6. The highest BCUT2D eigenvalue weighted by Gasteiger charge is 2.38. The molecule has 2 amide bonds. The number of hydrogen-bond acceptors (Lipinski definition) is 5. The number of methoxy groups -OCH3 is 1. The van der Waals surface area contributed by atoms with E-state index in [-0.39, 0.29) is 29.8 Å². The molecule has 1 atom stereocenters. The van der Waals surface area contributed by atoms with Crippen LogP contribution >= 0.6 is 0 Å². The van der Waals surface area contributed by atoms with E-state index in [1.165, 1.54) is 44.4 Å². The maximum absolute atomic E-state index is 12.6. The lowest BCUT2D eigenvalue weighted by Gasteiger charge is -2.38. The number of carbonyl (C=O) groups excluding carboxylic acids is 2. The Morgan fingerprint density at radius 3 is 2.74 bits per heavy atom. The Labute approximate surface area is 182 Å². The molecule has 31 heavy (non-hydrogen) atoms. The Morgan fingerprint density at radius 2 is 2.00 bits per heavy atom. The molecule has 7 nitrogen and oxygen atoms in total. The van der Waals surface area contributed by atoms with Crippen LogP contribution in [0.15, 0.2) is 42.0 Å². The lowest BCUT2D eigenvalue weighted by Crippen LogP contribution is -2.56. The summed E-state index contributed by atoms with van der Waals surface area (Å²) >= 11 is 0. The van der Waals surface area contributed by atoms with Gasteiger partial charge in [0.2, 0.25) is 5.91 Å². The summed E-state index contributed by atoms with van der Waals surface area (Å²) in [7, 11) is 1.48. The van der Waals surface area contributed by atoms with E-state index in [0.29, 0.717) is 31.3 Å². The minimum atomic E-state index is -0.337. The first-order valence-electron chi connectivity index (χ1n) is 11.0. The Balaban J connectivity index is 1.23. The van der Waals surface area contributed by atoms with E-state index in [1.807, 2.05) is 6.08 Å². The molecule has 3 aliphatic rings. The summed E-state index contributed by atoms with van der Waals surface area (Å²) in [5.41, 5.74) is 2.07. The van der Waals surface area contributed by atoms with Crippen LogP contribution in [0.1, 0.15) is 37.7 Å². The summed E-state index contributed by atoms with van der Waals surface area (Å²) < 4.78 is 10.9. The number of hydrogen-bond donors (Lipinski definition) is 2. The zero-order chi connectivity index (χ0) is 21.8. The maximum atomic E-state index is 12.6. The summed E-state index contributed by atoms with van der Waals surface area (Å²) in [6.45, 7) is 1.07. The monoisotopic (exact) mass is 426 g/mol. The molecule has 2 N–H and O–H groups in total. The van der Waals surface area contributed by atoms with Gasteiger partial charge in [-0.3, -0.25) is 4.79 Å². The summed E-state index contributed by atoms with van der Waals surface area (Å²) in [5.74, 6) is 0.625. The van der Waals surface area contributed by atoms with E-state index in [4.69, 9.17) is 9.47 Å². The Bertz CT molecular complexity index is 882. The average Bonchev–Trinajstić information content (AvgIpc) is 3.27. The van der Waals surface area contributed by atoms with E-state index in [2.05, 4.69) is 17.5 Å². The first-order valence-corrected chi connectivity index (χ1v) is 11.0. The maximum Gasteiger partial charge on any atom is 0.410 e. The highest BCUT2D eigenvalue weighted by molar-refractivity contribution is 5.82. The summed E-state index contributed by atoms with van der Waals surface area (Å²) in [6, 6.07) is 4.96. The third kappa shape index (κ3) is 4.86. The van der Waals surface area contributed by atoms with Crippen molar-refractivity contribution in [2.24, 2.45) is 11.8 Å². The van der Waals surface area contributed by atoms with E-state index in [0.717, 1.165) is 12.0 Å². The fraction of sp³-hybridized carbons (Fsp3) is 0.500. The topological polar surface area (TPSA) is 88.1 Å². The molecule has 1 saturated carbocycles. The van der Waals surface area contributed by atoms with Crippen LogP contribution in [0.5, 0.6) is 11.5 Å². The molecule has 1 aromatic carbocycles. The molecule has 7 heteroatoms. The number of phenolic OH excluding ortho intramolecular Hbond substituents is 1. The van der Waals surface area contributed by atoms with Crippen molar-refractivity contribution >= 4 is 12.0 Å². The third-order valence-electron chi connectivity index (χ3n) is 6.44. The molecular weight excluding hydrogens is 396 g/mol. The van der Waals surface area contributed by atoms with Crippen molar-refractivity contribution in [3.63, 3.8) is 0 Å². The summed E-state index contributed by atoms with van der Waals surface area (Å²) in [4.78, 5) is 26.6. The van der Waals surface area contributed by atoms with Crippen LogP contribution in [0.2, 0.25) is 0 Å². The average molecular weight is 427 g/mol. The van der Waals surface area contributed by atoms with Gasteiger partial charge in [0, 0.05) is 26.1 Å². The fourth-order valence-electron chi connectivity index (χ4n) is 4.55. The number of aromatic hydroxyl groups is 1. The minimum Gasteiger partial charge on any atom is -0.504 e. The number of amides is 2. The van der Waals surface area contributed by atoms with Crippen LogP contribution in [0, 0.1) is 11.8 Å². The SMILES string of the molecule is COc1cc(CNC(=O)C2CN(C(=O)OC3CC=CC=C3C3CCCC3)C2)ccc1O. The van der Waals surface area contributed by atoms with Gasteiger partial charge in [-0.2, -0.15) is 0 Å². The Morgan fingerprint density at radius 1 is 1.23 bits per heavy atom. The van der Waals surface area contributed by atoms with E-state index >= 15 is 0 Å². The van der Waals surface area contributed by atoms with Crippen molar-refractivity contribution < 1.29 is 24.2 Å². The van der Waals surface area contributed by atoms with E-state index < -0.39 is 0 Å². The number of carbonyl (C=O) groups is 2. The molecule has 1 aromatic rings. The van der Waals surface area contributed by atoms with Gasteiger partial charge in [0.1, 0.15) is 6.10 Å². The number of phenols is 1. The van der Waals surface area contributed by atoms with Gasteiger partial charge >= 0.3 is 6.09 Å². The van der Waals surface area contributed by atoms with Crippen LogP contribution in [0.25, 0.3) is 0 Å². The van der Waals surface area contributed by atoms with Crippen LogP contribution < -0.4 is 10.1 Å². The second-order valence-electron chi connectivity index (χ2n) is 8.51. The predicted octanol–water partition coefficient (Wildman–Crippen LogP) is 3.53.